The molecule has 0 bridgehead atoms. The van der Waals surface area contributed by atoms with E-state index in [0.717, 1.165) is 45.4 Å². The molecule has 41 heavy (non-hydrogen) atoms. The number of nitrogens with zero attached hydrogens (tertiary/aromatic N) is 2. The first-order valence-corrected chi connectivity index (χ1v) is 15.2. The van der Waals surface area contributed by atoms with Crippen LogP contribution in [0.15, 0.2) is 83.8 Å². The number of H-pyrrole nitrogens is 1. The lowest BCUT2D eigenvalue weighted by Gasteiger charge is -2.22. The molecule has 208 valence electrons. The van der Waals surface area contributed by atoms with Crippen molar-refractivity contribution >= 4 is 26.8 Å². The number of hydrogen-bond acceptors (Lipinski definition) is 5. The van der Waals surface area contributed by atoms with E-state index in [2.05, 4.69) is 9.97 Å². The molecule has 5 aromatic rings. The third-order valence-electron chi connectivity index (χ3n) is 7.40. The number of rotatable bonds is 5. The number of aromatic amines is 1. The number of halogens is 1. The summed E-state index contributed by atoms with van der Waals surface area (Å²) in [6.45, 7) is 2.58. The summed E-state index contributed by atoms with van der Waals surface area (Å²) in [6, 6.07) is 24.5. The molecule has 1 amide bonds. The summed E-state index contributed by atoms with van der Waals surface area (Å²) >= 11 is 0. The van der Waals surface area contributed by atoms with Crippen LogP contribution in [0, 0.1) is 5.82 Å². The Balaban J connectivity index is 1.27. The second-order valence-electron chi connectivity index (χ2n) is 10.1. The average Bonchev–Trinajstić information content (AvgIpc) is 3.29. The standard InChI is InChI=1S/C32H28FN3O4S/c1-3-24-25(13-15-29(30(24)33)41(2,38)39)32(37)36-16-17-40-28-14-12-22(18-23(28)19-36)20-8-10-21(11-9-20)31-34-26-6-4-5-7-27(26)35-31/h4-15,18H,3,16-17,19H2,1-2H3,(H,34,35). The summed E-state index contributed by atoms with van der Waals surface area (Å²) < 4.78 is 45.1. The number of carbonyl (C=O) groups excluding carboxylic acids is 1. The molecule has 6 rings (SSSR count). The monoisotopic (exact) mass is 569 g/mol. The zero-order chi connectivity index (χ0) is 28.7. The number of aromatic nitrogens is 2. The van der Waals surface area contributed by atoms with Crippen molar-refractivity contribution < 1.29 is 22.3 Å². The minimum Gasteiger partial charge on any atom is -0.491 e. The van der Waals surface area contributed by atoms with Gasteiger partial charge in [-0.1, -0.05) is 49.4 Å². The molecule has 1 N–H and O–H groups in total. The van der Waals surface area contributed by atoms with Gasteiger partial charge in [0.25, 0.3) is 5.91 Å². The molecule has 1 aromatic heterocycles. The highest BCUT2D eigenvalue weighted by Gasteiger charge is 2.27. The third kappa shape index (κ3) is 5.09. The van der Waals surface area contributed by atoms with Crippen LogP contribution in [0.2, 0.25) is 0 Å². The Kier molecular flexibility index (Phi) is 6.83. The van der Waals surface area contributed by atoms with Gasteiger partial charge in [0.1, 0.15) is 28.9 Å². The van der Waals surface area contributed by atoms with E-state index >= 15 is 4.39 Å². The van der Waals surface area contributed by atoms with Gasteiger partial charge in [-0.25, -0.2) is 17.8 Å². The molecule has 0 radical (unpaired) electrons. The number of hydrogen-bond donors (Lipinski definition) is 1. The zero-order valence-electron chi connectivity index (χ0n) is 22.6. The van der Waals surface area contributed by atoms with E-state index in [1.165, 1.54) is 12.1 Å². The van der Waals surface area contributed by atoms with Crippen LogP contribution in [0.5, 0.6) is 5.75 Å². The molecule has 1 aliphatic heterocycles. The zero-order valence-corrected chi connectivity index (χ0v) is 23.5. The van der Waals surface area contributed by atoms with Gasteiger partial charge in [0.15, 0.2) is 9.84 Å². The number of amides is 1. The number of benzene rings is 4. The number of para-hydroxylation sites is 2. The molecule has 0 spiro atoms. The Morgan fingerprint density at radius 3 is 2.46 bits per heavy atom. The SMILES string of the molecule is CCc1c(C(=O)N2CCOc3ccc(-c4ccc(-c5nc6ccccc6[nH]5)cc4)cc3C2)ccc(S(C)(=O)=O)c1F. The van der Waals surface area contributed by atoms with Crippen molar-refractivity contribution in [3.05, 3.63) is 101 Å². The lowest BCUT2D eigenvalue weighted by Crippen LogP contribution is -2.33. The second kappa shape index (κ2) is 10.5. The lowest BCUT2D eigenvalue weighted by molar-refractivity contribution is 0.0731. The molecule has 0 saturated carbocycles. The minimum absolute atomic E-state index is 0.0987. The van der Waals surface area contributed by atoms with E-state index in [9.17, 15) is 13.2 Å². The van der Waals surface area contributed by atoms with Gasteiger partial charge >= 0.3 is 0 Å². The van der Waals surface area contributed by atoms with Crippen LogP contribution in [-0.4, -0.2) is 48.6 Å². The van der Waals surface area contributed by atoms with Crippen LogP contribution in [0.3, 0.4) is 0 Å². The largest absolute Gasteiger partial charge is 0.491 e. The van der Waals surface area contributed by atoms with Gasteiger partial charge in [0.2, 0.25) is 0 Å². The van der Waals surface area contributed by atoms with Gasteiger partial charge in [-0.3, -0.25) is 4.79 Å². The highest BCUT2D eigenvalue weighted by atomic mass is 32.2. The maximum Gasteiger partial charge on any atom is 0.254 e. The summed E-state index contributed by atoms with van der Waals surface area (Å²) in [7, 11) is -3.76. The lowest BCUT2D eigenvalue weighted by atomic mass is 10.00. The van der Waals surface area contributed by atoms with E-state index in [0.29, 0.717) is 12.3 Å². The van der Waals surface area contributed by atoms with Crippen LogP contribution in [0.1, 0.15) is 28.4 Å². The number of nitrogens with one attached hydrogen (secondary N) is 1. The summed E-state index contributed by atoms with van der Waals surface area (Å²) in [6.07, 6.45) is 1.14. The molecule has 0 saturated heterocycles. The van der Waals surface area contributed by atoms with E-state index < -0.39 is 20.5 Å². The Hall–Kier alpha value is -4.50. The predicted molar refractivity (Wildman–Crippen MR) is 156 cm³/mol. The molecule has 0 atom stereocenters. The Bertz CT molecular complexity index is 1870. The van der Waals surface area contributed by atoms with Crippen LogP contribution in [0.4, 0.5) is 4.39 Å². The molecule has 0 fully saturated rings. The highest BCUT2D eigenvalue weighted by molar-refractivity contribution is 7.90. The second-order valence-corrected chi connectivity index (χ2v) is 12.1. The number of fused-ring (bicyclic) bond motifs is 2. The molecule has 1 aliphatic rings. The smallest absolute Gasteiger partial charge is 0.254 e. The average molecular weight is 570 g/mol. The first kappa shape index (κ1) is 26.7. The molecule has 7 nitrogen and oxygen atoms in total. The highest BCUT2D eigenvalue weighted by Crippen LogP contribution is 2.32. The van der Waals surface area contributed by atoms with Crippen molar-refractivity contribution in [2.75, 3.05) is 19.4 Å². The molecule has 9 heteroatoms. The van der Waals surface area contributed by atoms with Gasteiger partial charge < -0.3 is 14.6 Å². The van der Waals surface area contributed by atoms with Crippen molar-refractivity contribution in [3.63, 3.8) is 0 Å². The first-order chi connectivity index (χ1) is 19.7. The van der Waals surface area contributed by atoms with E-state index in [1.807, 2.05) is 66.7 Å². The Morgan fingerprint density at radius 1 is 1.00 bits per heavy atom. The molecular weight excluding hydrogens is 541 g/mol. The van der Waals surface area contributed by atoms with Crippen LogP contribution in [-0.2, 0) is 22.8 Å². The first-order valence-electron chi connectivity index (χ1n) is 13.3. The maximum absolute atomic E-state index is 15.1. The fourth-order valence-electron chi connectivity index (χ4n) is 5.26. The summed E-state index contributed by atoms with van der Waals surface area (Å²) in [4.78, 5) is 22.8. The van der Waals surface area contributed by atoms with Crippen LogP contribution < -0.4 is 4.74 Å². The summed E-state index contributed by atoms with van der Waals surface area (Å²) in [5.41, 5.74) is 5.94. The fourth-order valence-corrected chi connectivity index (χ4v) is 6.02. The molecule has 0 aliphatic carbocycles. The quantitative estimate of drug-likeness (QED) is 0.279. The summed E-state index contributed by atoms with van der Waals surface area (Å²) in [5, 5.41) is 0. The Labute approximate surface area is 237 Å². The minimum atomic E-state index is -3.76. The number of imidazole rings is 1. The van der Waals surface area contributed by atoms with E-state index in [4.69, 9.17) is 4.74 Å². The third-order valence-corrected chi connectivity index (χ3v) is 8.51. The number of sulfone groups is 1. The van der Waals surface area contributed by atoms with E-state index in [-0.39, 0.29) is 36.6 Å². The van der Waals surface area contributed by atoms with Gasteiger partial charge in [-0.15, -0.1) is 0 Å². The van der Waals surface area contributed by atoms with Gasteiger partial charge in [0.05, 0.1) is 17.6 Å². The van der Waals surface area contributed by atoms with Crippen LogP contribution in [0.25, 0.3) is 33.5 Å². The van der Waals surface area contributed by atoms with Crippen molar-refractivity contribution in [1.82, 2.24) is 14.9 Å². The van der Waals surface area contributed by atoms with Gasteiger partial charge in [-0.2, -0.15) is 0 Å². The van der Waals surface area contributed by atoms with Crippen molar-refractivity contribution in [2.24, 2.45) is 0 Å². The molecule has 4 aromatic carbocycles. The molecule has 2 heterocycles. The molecule has 0 unspecified atom stereocenters. The molecular formula is C32H28FN3O4S. The van der Waals surface area contributed by atoms with Gasteiger partial charge in [0, 0.05) is 35.1 Å². The normalized spacial score (nSPS) is 13.5. The van der Waals surface area contributed by atoms with Crippen molar-refractivity contribution in [1.29, 1.82) is 0 Å². The number of ether oxygens (including phenoxy) is 1. The topological polar surface area (TPSA) is 92.4 Å². The fraction of sp³-hybridized carbons (Fsp3) is 0.188. The van der Waals surface area contributed by atoms with Crippen LogP contribution >= 0.6 is 0 Å². The summed E-state index contributed by atoms with van der Waals surface area (Å²) in [5.74, 6) is 0.269. The van der Waals surface area contributed by atoms with E-state index in [1.54, 1.807) is 11.8 Å². The van der Waals surface area contributed by atoms with Gasteiger partial charge in [-0.05, 0) is 53.9 Å². The van der Waals surface area contributed by atoms with Crippen molar-refractivity contribution in [2.45, 2.75) is 24.8 Å². The maximum atomic E-state index is 15.1. The Morgan fingerprint density at radius 2 is 1.73 bits per heavy atom. The predicted octanol–water partition coefficient (Wildman–Crippen LogP) is 6.04. The number of carbonyl (C=O) groups is 1. The van der Waals surface area contributed by atoms with Crippen molar-refractivity contribution in [3.8, 4) is 28.3 Å².